The molecule has 0 bridgehead atoms. The SMILES string of the molecule is CCC(C)C1CN(C(C)C2CCCCC2)CCN1. The van der Waals surface area contributed by atoms with Crippen LogP contribution in [0.3, 0.4) is 0 Å². The van der Waals surface area contributed by atoms with Crippen LogP contribution in [0.5, 0.6) is 0 Å². The lowest BCUT2D eigenvalue weighted by atomic mass is 9.83. The Morgan fingerprint density at radius 3 is 2.56 bits per heavy atom. The zero-order valence-electron chi connectivity index (χ0n) is 12.6. The van der Waals surface area contributed by atoms with Crippen LogP contribution in [0.25, 0.3) is 0 Å². The van der Waals surface area contributed by atoms with E-state index in [-0.39, 0.29) is 0 Å². The number of hydrogen-bond acceptors (Lipinski definition) is 2. The number of nitrogens with zero attached hydrogens (tertiary/aromatic N) is 1. The van der Waals surface area contributed by atoms with Gasteiger partial charge in [-0.3, -0.25) is 4.90 Å². The van der Waals surface area contributed by atoms with Crippen LogP contribution in [0.1, 0.15) is 59.3 Å². The van der Waals surface area contributed by atoms with E-state index in [0.717, 1.165) is 23.9 Å². The van der Waals surface area contributed by atoms with Crippen LogP contribution >= 0.6 is 0 Å². The minimum absolute atomic E-state index is 0.717. The van der Waals surface area contributed by atoms with E-state index in [9.17, 15) is 0 Å². The molecule has 0 amide bonds. The van der Waals surface area contributed by atoms with Crippen molar-refractivity contribution in [3.63, 3.8) is 0 Å². The van der Waals surface area contributed by atoms with Crippen LogP contribution < -0.4 is 5.32 Å². The summed E-state index contributed by atoms with van der Waals surface area (Å²) in [5.74, 6) is 1.78. The number of rotatable bonds is 4. The molecule has 3 unspecified atom stereocenters. The van der Waals surface area contributed by atoms with Gasteiger partial charge in [0.15, 0.2) is 0 Å². The topological polar surface area (TPSA) is 15.3 Å². The molecule has 0 spiro atoms. The molecule has 1 heterocycles. The zero-order chi connectivity index (χ0) is 13.0. The van der Waals surface area contributed by atoms with Gasteiger partial charge in [0.25, 0.3) is 0 Å². The lowest BCUT2D eigenvalue weighted by Gasteiger charge is -2.43. The second-order valence-electron chi connectivity index (χ2n) is 6.58. The molecule has 0 aromatic carbocycles. The van der Waals surface area contributed by atoms with Gasteiger partial charge < -0.3 is 5.32 Å². The molecule has 2 fully saturated rings. The van der Waals surface area contributed by atoms with Gasteiger partial charge in [-0.05, 0) is 31.6 Å². The summed E-state index contributed by atoms with van der Waals surface area (Å²) in [4.78, 5) is 2.77. The van der Waals surface area contributed by atoms with Gasteiger partial charge in [-0.15, -0.1) is 0 Å². The maximum atomic E-state index is 3.72. The summed E-state index contributed by atoms with van der Waals surface area (Å²) in [5, 5.41) is 3.72. The second kappa shape index (κ2) is 6.91. The summed E-state index contributed by atoms with van der Waals surface area (Å²) in [6.07, 6.45) is 8.65. The van der Waals surface area contributed by atoms with E-state index in [0.29, 0.717) is 0 Å². The molecule has 2 heteroatoms. The predicted octanol–water partition coefficient (Wildman–Crippen LogP) is 3.28. The molecule has 18 heavy (non-hydrogen) atoms. The maximum absolute atomic E-state index is 3.72. The molecular weight excluding hydrogens is 220 g/mol. The van der Waals surface area contributed by atoms with Gasteiger partial charge in [0.1, 0.15) is 0 Å². The second-order valence-corrected chi connectivity index (χ2v) is 6.58. The first-order valence-electron chi connectivity index (χ1n) is 8.19. The first-order chi connectivity index (χ1) is 8.72. The van der Waals surface area contributed by atoms with E-state index in [1.807, 2.05) is 0 Å². The van der Waals surface area contributed by atoms with E-state index in [1.165, 1.54) is 58.2 Å². The Labute approximate surface area is 114 Å². The van der Waals surface area contributed by atoms with Crippen molar-refractivity contribution in [2.24, 2.45) is 11.8 Å². The van der Waals surface area contributed by atoms with Crippen molar-refractivity contribution in [2.45, 2.75) is 71.4 Å². The Balaban J connectivity index is 1.87. The van der Waals surface area contributed by atoms with Gasteiger partial charge >= 0.3 is 0 Å². The van der Waals surface area contributed by atoms with Crippen LogP contribution in [0.15, 0.2) is 0 Å². The van der Waals surface area contributed by atoms with E-state index in [4.69, 9.17) is 0 Å². The van der Waals surface area contributed by atoms with Crippen LogP contribution in [-0.2, 0) is 0 Å². The summed E-state index contributed by atoms with van der Waals surface area (Å²) in [7, 11) is 0. The molecule has 2 rings (SSSR count). The molecule has 0 radical (unpaired) electrons. The highest BCUT2D eigenvalue weighted by atomic mass is 15.2. The monoisotopic (exact) mass is 252 g/mol. The molecule has 1 aliphatic heterocycles. The Kier molecular flexibility index (Phi) is 5.50. The molecule has 2 nitrogen and oxygen atoms in total. The molecule has 106 valence electrons. The summed E-state index contributed by atoms with van der Waals surface area (Å²) in [6, 6.07) is 1.52. The third-order valence-electron chi connectivity index (χ3n) is 5.48. The number of nitrogens with one attached hydrogen (secondary N) is 1. The van der Waals surface area contributed by atoms with Crippen molar-refractivity contribution >= 4 is 0 Å². The lowest BCUT2D eigenvalue weighted by Crippen LogP contribution is -2.56. The zero-order valence-corrected chi connectivity index (χ0v) is 12.6. The highest BCUT2D eigenvalue weighted by molar-refractivity contribution is 4.87. The van der Waals surface area contributed by atoms with Gasteiger partial charge in [-0.2, -0.15) is 0 Å². The summed E-state index contributed by atoms with van der Waals surface area (Å²) >= 11 is 0. The minimum atomic E-state index is 0.717. The van der Waals surface area contributed by atoms with Crippen molar-refractivity contribution in [3.8, 4) is 0 Å². The number of piperazine rings is 1. The molecule has 1 saturated carbocycles. The molecule has 1 saturated heterocycles. The smallest absolute Gasteiger partial charge is 0.0221 e. The lowest BCUT2D eigenvalue weighted by molar-refractivity contribution is 0.0837. The van der Waals surface area contributed by atoms with Crippen molar-refractivity contribution in [1.29, 1.82) is 0 Å². The van der Waals surface area contributed by atoms with Crippen LogP contribution in [0.2, 0.25) is 0 Å². The fourth-order valence-electron chi connectivity index (χ4n) is 3.75. The first kappa shape index (κ1) is 14.3. The van der Waals surface area contributed by atoms with Gasteiger partial charge in [-0.1, -0.05) is 39.5 Å². The fraction of sp³-hybridized carbons (Fsp3) is 1.00. The summed E-state index contributed by atoms with van der Waals surface area (Å²) < 4.78 is 0. The number of hydrogen-bond donors (Lipinski definition) is 1. The molecule has 0 aromatic heterocycles. The third kappa shape index (κ3) is 3.48. The molecule has 1 N–H and O–H groups in total. The van der Waals surface area contributed by atoms with E-state index >= 15 is 0 Å². The van der Waals surface area contributed by atoms with Gasteiger partial charge in [0, 0.05) is 31.7 Å². The van der Waals surface area contributed by atoms with E-state index < -0.39 is 0 Å². The van der Waals surface area contributed by atoms with Crippen LogP contribution in [0, 0.1) is 11.8 Å². The Bertz CT molecular complexity index is 235. The van der Waals surface area contributed by atoms with Gasteiger partial charge in [-0.25, -0.2) is 0 Å². The molecular formula is C16H32N2. The predicted molar refractivity (Wildman–Crippen MR) is 78.9 cm³/mol. The summed E-state index contributed by atoms with van der Waals surface area (Å²) in [5.41, 5.74) is 0. The average molecular weight is 252 g/mol. The van der Waals surface area contributed by atoms with Gasteiger partial charge in [0.2, 0.25) is 0 Å². The standard InChI is InChI=1S/C16H32N2/c1-4-13(2)16-12-18(11-10-17-16)14(3)15-8-6-5-7-9-15/h13-17H,4-12H2,1-3H3. The van der Waals surface area contributed by atoms with Gasteiger partial charge in [0.05, 0.1) is 0 Å². The largest absolute Gasteiger partial charge is 0.311 e. The van der Waals surface area contributed by atoms with E-state index in [2.05, 4.69) is 31.0 Å². The first-order valence-corrected chi connectivity index (χ1v) is 8.19. The highest BCUT2D eigenvalue weighted by Crippen LogP contribution is 2.29. The summed E-state index contributed by atoms with van der Waals surface area (Å²) in [6.45, 7) is 10.9. The molecule has 3 atom stereocenters. The highest BCUT2D eigenvalue weighted by Gasteiger charge is 2.30. The Morgan fingerprint density at radius 2 is 1.89 bits per heavy atom. The van der Waals surface area contributed by atoms with Crippen LogP contribution in [-0.4, -0.2) is 36.6 Å². The molecule has 0 aromatic rings. The van der Waals surface area contributed by atoms with Crippen molar-refractivity contribution in [1.82, 2.24) is 10.2 Å². The molecule has 1 aliphatic carbocycles. The quantitative estimate of drug-likeness (QED) is 0.826. The average Bonchev–Trinajstić information content (AvgIpc) is 2.46. The van der Waals surface area contributed by atoms with Crippen molar-refractivity contribution in [2.75, 3.05) is 19.6 Å². The molecule has 2 aliphatic rings. The van der Waals surface area contributed by atoms with Crippen molar-refractivity contribution in [3.05, 3.63) is 0 Å². The Hall–Kier alpha value is -0.0800. The fourth-order valence-corrected chi connectivity index (χ4v) is 3.75. The van der Waals surface area contributed by atoms with E-state index in [1.54, 1.807) is 0 Å². The van der Waals surface area contributed by atoms with Crippen molar-refractivity contribution < 1.29 is 0 Å². The normalized spacial score (nSPS) is 31.2. The third-order valence-corrected chi connectivity index (χ3v) is 5.48. The minimum Gasteiger partial charge on any atom is -0.311 e. The Morgan fingerprint density at radius 1 is 1.17 bits per heavy atom. The van der Waals surface area contributed by atoms with Crippen LogP contribution in [0.4, 0.5) is 0 Å². The maximum Gasteiger partial charge on any atom is 0.0221 e.